The van der Waals surface area contributed by atoms with E-state index in [4.69, 9.17) is 0 Å². The highest BCUT2D eigenvalue weighted by atomic mass is 15.1. The molecule has 2 aromatic heterocycles. The van der Waals surface area contributed by atoms with Crippen LogP contribution >= 0.6 is 0 Å². The summed E-state index contributed by atoms with van der Waals surface area (Å²) >= 11 is 0. The lowest BCUT2D eigenvalue weighted by Gasteiger charge is -2.26. The van der Waals surface area contributed by atoms with Crippen molar-refractivity contribution in [2.75, 3.05) is 4.90 Å². The molecule has 0 amide bonds. The monoisotopic (exact) mass is 1030 g/mol. The summed E-state index contributed by atoms with van der Waals surface area (Å²) in [5.74, 6) is 0. The van der Waals surface area contributed by atoms with Crippen molar-refractivity contribution in [3.05, 3.63) is 297 Å². The van der Waals surface area contributed by atoms with Gasteiger partial charge in [-0.05, 0) is 224 Å². The van der Waals surface area contributed by atoms with Crippen molar-refractivity contribution in [1.29, 1.82) is 0 Å². The minimum Gasteiger partial charge on any atom is -0.311 e. The molecular weight excluding hydrogens is 979 g/mol. The minimum atomic E-state index is 1.06. The lowest BCUT2D eigenvalue weighted by atomic mass is 9.90. The molecule has 81 heavy (non-hydrogen) atoms. The van der Waals surface area contributed by atoms with E-state index in [-0.39, 0.29) is 0 Å². The van der Waals surface area contributed by atoms with Crippen LogP contribution in [-0.4, -0.2) is 9.97 Å². The molecular formula is C78H51N3. The highest BCUT2D eigenvalue weighted by molar-refractivity contribution is 6.24. The number of nitrogens with zero attached hydrogens (tertiary/aromatic N) is 3. The molecule has 0 saturated heterocycles. The van der Waals surface area contributed by atoms with E-state index in [0.29, 0.717) is 0 Å². The number of rotatable bonds is 10. The summed E-state index contributed by atoms with van der Waals surface area (Å²) in [4.78, 5) is 11.1. The standard InChI is InChI=1S/C78H51N3/c1-3-13-69-67(11-1)73-17-5-15-71-65(39-41-75(69)77(71)73)55-23-19-52(20-24-55)59-45-60(53-21-25-56(26-22-53)66-40-42-76-70-14-4-2-12-68(70)74-18-6-16-72(66)78(74)76)47-61(46-59)54-31-37-64(38-32-54)81(62-33-27-50(28-34-62)57-9-7-43-79-48-57)63-35-29-51(30-36-63)58-10-8-44-80-49-58/h1,3,5-49H,2,4H2. The van der Waals surface area contributed by atoms with Crippen molar-refractivity contribution >= 4 is 49.8 Å². The first-order chi connectivity index (χ1) is 40.1. The average Bonchev–Trinajstić information content (AvgIpc) is 3.76. The van der Waals surface area contributed by atoms with Gasteiger partial charge in [0.25, 0.3) is 0 Å². The van der Waals surface area contributed by atoms with Gasteiger partial charge in [-0.15, -0.1) is 0 Å². The molecule has 3 nitrogen and oxygen atoms in total. The van der Waals surface area contributed by atoms with Gasteiger partial charge in [-0.25, -0.2) is 0 Å². The number of aromatic nitrogens is 2. The lowest BCUT2D eigenvalue weighted by molar-refractivity contribution is 1.05. The number of hydrogen-bond acceptors (Lipinski definition) is 3. The first-order valence-corrected chi connectivity index (χ1v) is 28.1. The summed E-state index contributed by atoms with van der Waals surface area (Å²) in [5, 5.41) is 5.33. The second-order valence-electron chi connectivity index (χ2n) is 21.5. The van der Waals surface area contributed by atoms with Gasteiger partial charge in [0.05, 0.1) is 0 Å². The lowest BCUT2D eigenvalue weighted by Crippen LogP contribution is -2.09. The third-order valence-corrected chi connectivity index (χ3v) is 17.0. The predicted molar refractivity (Wildman–Crippen MR) is 339 cm³/mol. The van der Waals surface area contributed by atoms with E-state index in [9.17, 15) is 0 Å². The third kappa shape index (κ3) is 7.96. The van der Waals surface area contributed by atoms with Crippen LogP contribution < -0.4 is 4.90 Å². The molecule has 0 fully saturated rings. The number of allylic oxidation sites excluding steroid dienone is 4. The Hall–Kier alpha value is -10.5. The number of hydrogen-bond donors (Lipinski definition) is 0. The van der Waals surface area contributed by atoms with Crippen LogP contribution in [0.25, 0.3) is 133 Å². The molecule has 16 rings (SSSR count). The van der Waals surface area contributed by atoms with Crippen molar-refractivity contribution < 1.29 is 0 Å². The quantitative estimate of drug-likeness (QED) is 0.137. The molecule has 0 aliphatic heterocycles. The Labute approximate surface area is 471 Å². The van der Waals surface area contributed by atoms with Crippen LogP contribution in [0.1, 0.15) is 24.0 Å². The van der Waals surface area contributed by atoms with Gasteiger partial charge < -0.3 is 4.90 Å². The summed E-state index contributed by atoms with van der Waals surface area (Å²) in [6.45, 7) is 0. The van der Waals surface area contributed by atoms with Crippen LogP contribution in [-0.2, 0) is 0 Å². The van der Waals surface area contributed by atoms with Crippen molar-refractivity contribution in [3.8, 4) is 100 Å². The van der Waals surface area contributed by atoms with E-state index in [0.717, 1.165) is 63.3 Å². The maximum atomic E-state index is 4.38. The Morgan fingerprint density at radius 2 is 0.593 bits per heavy atom. The van der Waals surface area contributed by atoms with Crippen LogP contribution in [0.15, 0.2) is 286 Å². The summed E-state index contributed by atoms with van der Waals surface area (Å²) in [6.07, 6.45) is 14.5. The minimum absolute atomic E-state index is 1.06. The molecule has 3 heteroatoms. The van der Waals surface area contributed by atoms with Gasteiger partial charge in [0.2, 0.25) is 0 Å². The summed E-state index contributed by atoms with van der Waals surface area (Å²) < 4.78 is 0. The fraction of sp³-hybridized carbons (Fsp3) is 0.0256. The van der Waals surface area contributed by atoms with Gasteiger partial charge in [0.15, 0.2) is 0 Å². The highest BCUT2D eigenvalue weighted by Crippen LogP contribution is 2.51. The van der Waals surface area contributed by atoms with Crippen molar-refractivity contribution in [2.24, 2.45) is 0 Å². The molecule has 0 bridgehead atoms. The number of fused-ring (bicyclic) bond motifs is 6. The van der Waals surface area contributed by atoms with E-state index < -0.39 is 0 Å². The number of pyridine rings is 2. The van der Waals surface area contributed by atoms with E-state index in [1.54, 1.807) is 0 Å². The number of anilines is 3. The van der Waals surface area contributed by atoms with Crippen LogP contribution in [0.5, 0.6) is 0 Å². The fourth-order valence-electron chi connectivity index (χ4n) is 13.1. The Morgan fingerprint density at radius 3 is 1.04 bits per heavy atom. The molecule has 0 spiro atoms. The average molecular weight is 1030 g/mol. The van der Waals surface area contributed by atoms with E-state index in [1.807, 2.05) is 36.9 Å². The van der Waals surface area contributed by atoms with Crippen LogP contribution in [0.4, 0.5) is 17.1 Å². The zero-order valence-corrected chi connectivity index (χ0v) is 44.4. The van der Waals surface area contributed by atoms with Gasteiger partial charge in [-0.3, -0.25) is 9.97 Å². The fourth-order valence-corrected chi connectivity index (χ4v) is 13.1. The Kier molecular flexibility index (Phi) is 11.0. The van der Waals surface area contributed by atoms with Crippen LogP contribution in [0, 0.1) is 0 Å². The van der Waals surface area contributed by atoms with Gasteiger partial charge in [-0.1, -0.05) is 194 Å². The molecule has 0 N–H and O–H groups in total. The molecule has 3 aliphatic carbocycles. The highest BCUT2D eigenvalue weighted by Gasteiger charge is 2.27. The van der Waals surface area contributed by atoms with Crippen molar-refractivity contribution in [3.63, 3.8) is 0 Å². The first-order valence-electron chi connectivity index (χ1n) is 28.1. The largest absolute Gasteiger partial charge is 0.311 e. The third-order valence-electron chi connectivity index (χ3n) is 17.0. The van der Waals surface area contributed by atoms with Gasteiger partial charge in [0.1, 0.15) is 0 Å². The number of benzene rings is 11. The molecule has 0 radical (unpaired) electrons. The first kappa shape index (κ1) is 46.6. The molecule has 0 atom stereocenters. The van der Waals surface area contributed by atoms with E-state index in [1.165, 1.54) is 111 Å². The van der Waals surface area contributed by atoms with Crippen LogP contribution in [0.3, 0.4) is 0 Å². The Morgan fingerprint density at radius 1 is 0.247 bits per heavy atom. The molecule has 2 heterocycles. The van der Waals surface area contributed by atoms with Gasteiger partial charge in [-0.2, -0.15) is 0 Å². The maximum absolute atomic E-state index is 4.38. The molecule has 0 unspecified atom stereocenters. The van der Waals surface area contributed by atoms with Crippen molar-refractivity contribution in [1.82, 2.24) is 9.97 Å². The normalized spacial score (nSPS) is 12.7. The SMILES string of the molecule is C1=C2C(=CCC1)c1ccc(-c3ccc(-c4cc(-c5ccc(-c6ccc7c8c(cccc68)-c6ccccc6-7)cc5)cc(-c5ccc(N(c6ccc(-c7cccnc7)cc6)c6ccc(-c7cccnc7)cc6)cc5)c4)cc3)c3cccc2c13. The second kappa shape index (κ2) is 19.2. The molecule has 11 aromatic carbocycles. The van der Waals surface area contributed by atoms with E-state index in [2.05, 4.69) is 264 Å². The Bertz CT molecular complexity index is 4530. The Balaban J connectivity index is 0.782. The summed E-state index contributed by atoms with van der Waals surface area (Å²) in [5.41, 5.74) is 30.3. The smallest absolute Gasteiger partial charge is 0.0462 e. The van der Waals surface area contributed by atoms with E-state index >= 15 is 0 Å². The molecule has 378 valence electrons. The zero-order chi connectivity index (χ0) is 53.4. The van der Waals surface area contributed by atoms with Crippen LogP contribution in [0.2, 0.25) is 0 Å². The topological polar surface area (TPSA) is 29.0 Å². The molecule has 3 aliphatic rings. The van der Waals surface area contributed by atoms with Crippen molar-refractivity contribution in [2.45, 2.75) is 12.8 Å². The molecule has 0 saturated carbocycles. The molecule has 13 aromatic rings. The zero-order valence-electron chi connectivity index (χ0n) is 44.4. The maximum Gasteiger partial charge on any atom is 0.0462 e. The summed E-state index contributed by atoms with van der Waals surface area (Å²) in [6, 6.07) is 92.0. The summed E-state index contributed by atoms with van der Waals surface area (Å²) in [7, 11) is 0. The second-order valence-corrected chi connectivity index (χ2v) is 21.5. The van der Waals surface area contributed by atoms with Gasteiger partial charge in [0, 0.05) is 41.8 Å². The predicted octanol–water partition coefficient (Wildman–Crippen LogP) is 21.1. The van der Waals surface area contributed by atoms with Gasteiger partial charge >= 0.3 is 0 Å².